The number of benzene rings is 1. The number of nitrogens with one attached hydrogen (secondary N) is 1. The summed E-state index contributed by atoms with van der Waals surface area (Å²) in [5.41, 5.74) is 1.31. The maximum atomic E-state index is 9.19. The quantitative estimate of drug-likeness (QED) is 0.832. The SMILES string of the molecule is COCC(CO)NC1CC(c2cccc(Cl)c2)C1. The number of halogens is 1. The van der Waals surface area contributed by atoms with Crippen LogP contribution in [0.15, 0.2) is 24.3 Å². The second-order valence-electron chi connectivity index (χ2n) is 4.92. The second-order valence-corrected chi connectivity index (χ2v) is 5.36. The number of ether oxygens (including phenoxy) is 1. The summed E-state index contributed by atoms with van der Waals surface area (Å²) in [6.45, 7) is 0.668. The van der Waals surface area contributed by atoms with Crippen molar-refractivity contribution < 1.29 is 9.84 Å². The van der Waals surface area contributed by atoms with Gasteiger partial charge in [0.1, 0.15) is 0 Å². The molecule has 0 amide bonds. The lowest BCUT2D eigenvalue weighted by Crippen LogP contribution is -2.48. The van der Waals surface area contributed by atoms with Crippen molar-refractivity contribution in [3.8, 4) is 0 Å². The fourth-order valence-corrected chi connectivity index (χ4v) is 2.67. The van der Waals surface area contributed by atoms with Gasteiger partial charge in [-0.3, -0.25) is 0 Å². The predicted octanol–water partition coefficient (Wildman–Crippen LogP) is 2.18. The summed E-state index contributed by atoms with van der Waals surface area (Å²) in [4.78, 5) is 0. The van der Waals surface area contributed by atoms with Gasteiger partial charge >= 0.3 is 0 Å². The van der Waals surface area contributed by atoms with E-state index in [2.05, 4.69) is 11.4 Å². The highest BCUT2D eigenvalue weighted by molar-refractivity contribution is 6.30. The summed E-state index contributed by atoms with van der Waals surface area (Å²) in [6, 6.07) is 8.59. The van der Waals surface area contributed by atoms with E-state index in [0.29, 0.717) is 18.6 Å². The van der Waals surface area contributed by atoms with Crippen LogP contribution in [0.5, 0.6) is 0 Å². The number of rotatable bonds is 6. The third-order valence-electron chi connectivity index (χ3n) is 3.52. The van der Waals surface area contributed by atoms with Gasteiger partial charge in [0.15, 0.2) is 0 Å². The van der Waals surface area contributed by atoms with Crippen LogP contribution in [0, 0.1) is 0 Å². The minimum absolute atomic E-state index is 0.0420. The largest absolute Gasteiger partial charge is 0.395 e. The maximum Gasteiger partial charge on any atom is 0.0638 e. The van der Waals surface area contributed by atoms with Gasteiger partial charge in [-0.1, -0.05) is 23.7 Å². The standard InChI is InChI=1S/C14H20ClNO2/c1-18-9-14(8-17)16-13-6-11(7-13)10-3-2-4-12(15)5-10/h2-5,11,13-14,16-17H,6-9H2,1H3. The first-order valence-electron chi connectivity index (χ1n) is 6.34. The molecule has 1 fully saturated rings. The van der Waals surface area contributed by atoms with E-state index in [1.54, 1.807) is 7.11 Å². The van der Waals surface area contributed by atoms with Gasteiger partial charge in [0, 0.05) is 18.2 Å². The van der Waals surface area contributed by atoms with Gasteiger partial charge in [0.2, 0.25) is 0 Å². The van der Waals surface area contributed by atoms with Crippen LogP contribution in [0.1, 0.15) is 24.3 Å². The molecule has 1 unspecified atom stereocenters. The molecule has 0 spiro atoms. The Morgan fingerprint density at radius 2 is 2.28 bits per heavy atom. The molecule has 1 aromatic rings. The zero-order valence-corrected chi connectivity index (χ0v) is 11.4. The summed E-state index contributed by atoms with van der Waals surface area (Å²) in [5, 5.41) is 13.4. The van der Waals surface area contributed by atoms with E-state index in [-0.39, 0.29) is 12.6 Å². The van der Waals surface area contributed by atoms with Gasteiger partial charge < -0.3 is 15.2 Å². The normalized spacial score (nSPS) is 24.6. The fraction of sp³-hybridized carbons (Fsp3) is 0.571. The van der Waals surface area contributed by atoms with Crippen molar-refractivity contribution in [1.29, 1.82) is 0 Å². The summed E-state index contributed by atoms with van der Waals surface area (Å²) in [5.74, 6) is 0.586. The number of aliphatic hydroxyl groups excluding tert-OH is 1. The average molecular weight is 270 g/mol. The van der Waals surface area contributed by atoms with E-state index in [4.69, 9.17) is 16.3 Å². The van der Waals surface area contributed by atoms with Crippen molar-refractivity contribution in [1.82, 2.24) is 5.32 Å². The van der Waals surface area contributed by atoms with E-state index in [1.807, 2.05) is 18.2 Å². The number of hydrogen-bond acceptors (Lipinski definition) is 3. The van der Waals surface area contributed by atoms with Crippen molar-refractivity contribution in [3.63, 3.8) is 0 Å². The number of aliphatic hydroxyl groups is 1. The topological polar surface area (TPSA) is 41.5 Å². The molecule has 4 heteroatoms. The average Bonchev–Trinajstić information content (AvgIpc) is 2.31. The third-order valence-corrected chi connectivity index (χ3v) is 3.75. The van der Waals surface area contributed by atoms with Crippen LogP contribution in [0.2, 0.25) is 5.02 Å². The molecule has 3 nitrogen and oxygen atoms in total. The Hall–Kier alpha value is -0.610. The second kappa shape index (κ2) is 6.53. The molecule has 0 radical (unpaired) electrons. The van der Waals surface area contributed by atoms with Crippen LogP contribution in [0.4, 0.5) is 0 Å². The molecule has 2 N–H and O–H groups in total. The lowest BCUT2D eigenvalue weighted by atomic mass is 9.75. The van der Waals surface area contributed by atoms with Gasteiger partial charge in [-0.2, -0.15) is 0 Å². The number of hydrogen-bond donors (Lipinski definition) is 2. The molecule has 0 aliphatic heterocycles. The molecule has 0 aromatic heterocycles. The highest BCUT2D eigenvalue weighted by Gasteiger charge is 2.31. The summed E-state index contributed by atoms with van der Waals surface area (Å²) < 4.78 is 5.05. The Morgan fingerprint density at radius 1 is 1.50 bits per heavy atom. The Morgan fingerprint density at radius 3 is 2.89 bits per heavy atom. The molecule has 1 saturated carbocycles. The van der Waals surface area contributed by atoms with Crippen LogP contribution in [-0.4, -0.2) is 37.5 Å². The van der Waals surface area contributed by atoms with Crippen molar-refractivity contribution in [2.75, 3.05) is 20.3 Å². The van der Waals surface area contributed by atoms with Crippen molar-refractivity contribution >= 4 is 11.6 Å². The molecule has 0 heterocycles. The van der Waals surface area contributed by atoms with Gasteiger partial charge in [-0.05, 0) is 36.5 Å². The van der Waals surface area contributed by atoms with Crippen LogP contribution in [0.3, 0.4) is 0 Å². The maximum absolute atomic E-state index is 9.19. The van der Waals surface area contributed by atoms with Crippen molar-refractivity contribution in [2.45, 2.75) is 30.8 Å². The van der Waals surface area contributed by atoms with E-state index < -0.39 is 0 Å². The summed E-state index contributed by atoms with van der Waals surface area (Å²) in [6.07, 6.45) is 2.20. The molecule has 1 aromatic carbocycles. The number of methoxy groups -OCH3 is 1. The van der Waals surface area contributed by atoms with Gasteiger partial charge in [0.25, 0.3) is 0 Å². The molecule has 1 aliphatic rings. The Balaban J connectivity index is 1.80. The zero-order valence-electron chi connectivity index (χ0n) is 10.6. The van der Waals surface area contributed by atoms with E-state index >= 15 is 0 Å². The first-order valence-corrected chi connectivity index (χ1v) is 6.72. The van der Waals surface area contributed by atoms with Crippen LogP contribution in [-0.2, 0) is 4.74 Å². The molecular weight excluding hydrogens is 250 g/mol. The molecule has 1 atom stereocenters. The third kappa shape index (κ3) is 3.45. The molecule has 0 saturated heterocycles. The Labute approximate surface area is 113 Å². The monoisotopic (exact) mass is 269 g/mol. The van der Waals surface area contributed by atoms with Crippen LogP contribution in [0.25, 0.3) is 0 Å². The molecule has 18 heavy (non-hydrogen) atoms. The van der Waals surface area contributed by atoms with E-state index in [1.165, 1.54) is 5.56 Å². The molecule has 2 rings (SSSR count). The van der Waals surface area contributed by atoms with Crippen molar-refractivity contribution in [2.24, 2.45) is 0 Å². The lowest BCUT2D eigenvalue weighted by Gasteiger charge is -2.38. The Bertz CT molecular complexity index is 380. The molecular formula is C14H20ClNO2. The predicted molar refractivity (Wildman–Crippen MR) is 73.1 cm³/mol. The highest BCUT2D eigenvalue weighted by Crippen LogP contribution is 2.37. The van der Waals surface area contributed by atoms with Crippen LogP contribution >= 0.6 is 11.6 Å². The van der Waals surface area contributed by atoms with Crippen molar-refractivity contribution in [3.05, 3.63) is 34.9 Å². The summed E-state index contributed by atoms with van der Waals surface area (Å²) >= 11 is 5.99. The van der Waals surface area contributed by atoms with Gasteiger partial charge in [-0.25, -0.2) is 0 Å². The minimum Gasteiger partial charge on any atom is -0.395 e. The molecule has 1 aliphatic carbocycles. The first-order chi connectivity index (χ1) is 8.72. The van der Waals surface area contributed by atoms with E-state index in [0.717, 1.165) is 17.9 Å². The minimum atomic E-state index is 0.0420. The first kappa shape index (κ1) is 13.8. The fourth-order valence-electron chi connectivity index (χ4n) is 2.47. The Kier molecular flexibility index (Phi) is 5.01. The van der Waals surface area contributed by atoms with Crippen LogP contribution < -0.4 is 5.32 Å². The zero-order chi connectivity index (χ0) is 13.0. The summed E-state index contributed by atoms with van der Waals surface area (Å²) in [7, 11) is 1.65. The van der Waals surface area contributed by atoms with Gasteiger partial charge in [-0.15, -0.1) is 0 Å². The highest BCUT2D eigenvalue weighted by atomic mass is 35.5. The lowest BCUT2D eigenvalue weighted by molar-refractivity contribution is 0.110. The van der Waals surface area contributed by atoms with E-state index in [9.17, 15) is 5.11 Å². The smallest absolute Gasteiger partial charge is 0.0638 e. The molecule has 0 bridgehead atoms. The van der Waals surface area contributed by atoms with Gasteiger partial charge in [0.05, 0.1) is 19.3 Å². The molecule has 100 valence electrons.